The summed E-state index contributed by atoms with van der Waals surface area (Å²) in [6.45, 7) is 2.16. The second-order valence-corrected chi connectivity index (χ2v) is 6.99. The Morgan fingerprint density at radius 3 is 2.80 bits per heavy atom. The second kappa shape index (κ2) is 9.11. The van der Waals surface area contributed by atoms with Gasteiger partial charge in [-0.05, 0) is 36.8 Å². The Hall–Kier alpha value is -3.15. The molecule has 0 fully saturated rings. The molecule has 1 aromatic carbocycles. The van der Waals surface area contributed by atoms with E-state index < -0.39 is 17.6 Å². The van der Waals surface area contributed by atoms with Crippen LogP contribution < -0.4 is 15.9 Å². The first-order valence-corrected chi connectivity index (χ1v) is 9.79. The molecule has 0 saturated carbocycles. The number of rotatable bonds is 8. The van der Waals surface area contributed by atoms with Gasteiger partial charge >= 0.3 is 6.18 Å². The molecule has 0 spiro atoms. The highest BCUT2D eigenvalue weighted by Crippen LogP contribution is 2.35. The maximum absolute atomic E-state index is 13.0. The van der Waals surface area contributed by atoms with Crippen molar-refractivity contribution in [2.75, 3.05) is 23.5 Å². The smallest absolute Gasteiger partial charge is 0.416 e. The SMILES string of the molecule is CCCOc1ccc(C(F)(F)F)cc1NC(=O)CSc1nnc(-c2ccco2)n1N. The number of benzene rings is 1. The van der Waals surface area contributed by atoms with Crippen molar-refractivity contribution < 1.29 is 27.1 Å². The number of hydrogen-bond acceptors (Lipinski definition) is 7. The number of hydrogen-bond donors (Lipinski definition) is 2. The zero-order valence-corrected chi connectivity index (χ0v) is 16.6. The van der Waals surface area contributed by atoms with Gasteiger partial charge in [-0.25, -0.2) is 4.68 Å². The van der Waals surface area contributed by atoms with Crippen molar-refractivity contribution in [1.29, 1.82) is 0 Å². The van der Waals surface area contributed by atoms with Crippen molar-refractivity contribution in [3.63, 3.8) is 0 Å². The van der Waals surface area contributed by atoms with E-state index in [1.54, 1.807) is 12.1 Å². The first kappa shape index (κ1) is 21.6. The highest BCUT2D eigenvalue weighted by atomic mass is 32.2. The lowest BCUT2D eigenvalue weighted by Crippen LogP contribution is -2.17. The number of carbonyl (C=O) groups is 1. The normalized spacial score (nSPS) is 11.5. The molecule has 0 saturated heterocycles. The van der Waals surface area contributed by atoms with E-state index in [-0.39, 0.29) is 28.2 Å². The van der Waals surface area contributed by atoms with Gasteiger partial charge in [-0.1, -0.05) is 18.7 Å². The van der Waals surface area contributed by atoms with Crippen LogP contribution in [0.15, 0.2) is 46.2 Å². The summed E-state index contributed by atoms with van der Waals surface area (Å²) in [7, 11) is 0. The summed E-state index contributed by atoms with van der Waals surface area (Å²) in [6, 6.07) is 6.25. The number of anilines is 1. The van der Waals surface area contributed by atoms with Crippen molar-refractivity contribution in [3.05, 3.63) is 42.2 Å². The van der Waals surface area contributed by atoms with Crippen LogP contribution in [0.5, 0.6) is 5.75 Å². The molecule has 0 unspecified atom stereocenters. The molecule has 30 heavy (non-hydrogen) atoms. The average Bonchev–Trinajstić information content (AvgIpc) is 3.34. The molecule has 3 aromatic rings. The number of furan rings is 1. The molecular weight excluding hydrogens is 423 g/mol. The first-order chi connectivity index (χ1) is 14.3. The number of thioether (sulfide) groups is 1. The number of halogens is 3. The lowest BCUT2D eigenvalue weighted by Gasteiger charge is -2.15. The molecule has 160 valence electrons. The zero-order valence-electron chi connectivity index (χ0n) is 15.8. The van der Waals surface area contributed by atoms with Crippen LogP contribution in [0.25, 0.3) is 11.6 Å². The fourth-order valence-electron chi connectivity index (χ4n) is 2.41. The minimum atomic E-state index is -4.55. The van der Waals surface area contributed by atoms with Crippen LogP contribution >= 0.6 is 11.8 Å². The lowest BCUT2D eigenvalue weighted by atomic mass is 10.1. The number of nitrogens with zero attached hydrogens (tertiary/aromatic N) is 3. The van der Waals surface area contributed by atoms with Crippen molar-refractivity contribution in [1.82, 2.24) is 14.9 Å². The van der Waals surface area contributed by atoms with Crippen LogP contribution in [-0.2, 0) is 11.0 Å². The molecule has 0 radical (unpaired) electrons. The van der Waals surface area contributed by atoms with Gasteiger partial charge in [0.1, 0.15) is 5.75 Å². The predicted molar refractivity (Wildman–Crippen MR) is 104 cm³/mol. The third-order valence-electron chi connectivity index (χ3n) is 3.78. The molecule has 2 aromatic heterocycles. The van der Waals surface area contributed by atoms with E-state index in [4.69, 9.17) is 15.0 Å². The maximum Gasteiger partial charge on any atom is 0.416 e. The summed E-state index contributed by atoms with van der Waals surface area (Å²) < 4.78 is 50.9. The summed E-state index contributed by atoms with van der Waals surface area (Å²) in [5.41, 5.74) is -0.951. The number of amides is 1. The molecule has 3 rings (SSSR count). The number of carbonyl (C=O) groups excluding carboxylic acids is 1. The van der Waals surface area contributed by atoms with Gasteiger partial charge in [0, 0.05) is 0 Å². The Balaban J connectivity index is 1.70. The monoisotopic (exact) mass is 441 g/mol. The summed E-state index contributed by atoms with van der Waals surface area (Å²) in [6.07, 6.45) is -2.43. The van der Waals surface area contributed by atoms with E-state index >= 15 is 0 Å². The number of alkyl halides is 3. The van der Waals surface area contributed by atoms with E-state index in [1.807, 2.05) is 6.92 Å². The van der Waals surface area contributed by atoms with Gasteiger partial charge in [0.2, 0.25) is 16.9 Å². The summed E-state index contributed by atoms with van der Waals surface area (Å²) in [4.78, 5) is 12.3. The van der Waals surface area contributed by atoms with E-state index in [9.17, 15) is 18.0 Å². The first-order valence-electron chi connectivity index (χ1n) is 8.80. The largest absolute Gasteiger partial charge is 0.491 e. The van der Waals surface area contributed by atoms with E-state index in [1.165, 1.54) is 12.3 Å². The quantitative estimate of drug-likeness (QED) is 0.404. The Kier molecular flexibility index (Phi) is 6.55. The maximum atomic E-state index is 13.0. The van der Waals surface area contributed by atoms with Crippen molar-refractivity contribution in [2.24, 2.45) is 0 Å². The topological polar surface area (TPSA) is 108 Å². The lowest BCUT2D eigenvalue weighted by molar-refractivity contribution is -0.137. The molecule has 12 heteroatoms. The molecule has 2 heterocycles. The Morgan fingerprint density at radius 2 is 2.13 bits per heavy atom. The fraction of sp³-hybridized carbons (Fsp3) is 0.278. The van der Waals surface area contributed by atoms with E-state index in [2.05, 4.69) is 15.5 Å². The Labute approximate surface area is 173 Å². The summed E-state index contributed by atoms with van der Waals surface area (Å²) in [5, 5.41) is 10.5. The van der Waals surface area contributed by atoms with Gasteiger partial charge in [-0.3, -0.25) is 4.79 Å². The predicted octanol–water partition coefficient (Wildman–Crippen LogP) is 3.79. The molecule has 0 aliphatic carbocycles. The summed E-state index contributed by atoms with van der Waals surface area (Å²) in [5.74, 6) is 6.04. The van der Waals surface area contributed by atoms with E-state index in [0.29, 0.717) is 18.8 Å². The third kappa shape index (κ3) is 5.06. The number of nitrogen functional groups attached to an aromatic ring is 1. The zero-order chi connectivity index (χ0) is 21.7. The van der Waals surface area contributed by atoms with Crippen molar-refractivity contribution in [3.8, 4) is 17.3 Å². The molecule has 3 N–H and O–H groups in total. The van der Waals surface area contributed by atoms with Gasteiger partial charge in [0.15, 0.2) is 5.76 Å². The van der Waals surface area contributed by atoms with Crippen molar-refractivity contribution in [2.45, 2.75) is 24.7 Å². The molecule has 0 atom stereocenters. The summed E-state index contributed by atoms with van der Waals surface area (Å²) >= 11 is 0.974. The average molecular weight is 441 g/mol. The fourth-order valence-corrected chi connectivity index (χ4v) is 3.06. The third-order valence-corrected chi connectivity index (χ3v) is 4.72. The van der Waals surface area contributed by atoms with Gasteiger partial charge in [-0.2, -0.15) is 13.2 Å². The van der Waals surface area contributed by atoms with Crippen LogP contribution in [-0.4, -0.2) is 33.1 Å². The number of aromatic nitrogens is 3. The second-order valence-electron chi connectivity index (χ2n) is 6.05. The standard InChI is InChI=1S/C18H18F3N5O3S/c1-2-7-28-13-6-5-11(18(19,20)21)9-12(13)23-15(27)10-30-17-25-24-16(26(17)22)14-4-3-8-29-14/h3-6,8-9H,2,7,10,22H2,1H3,(H,23,27). The van der Waals surface area contributed by atoms with Crippen molar-refractivity contribution >= 4 is 23.4 Å². The van der Waals surface area contributed by atoms with Crippen LogP contribution in [0.2, 0.25) is 0 Å². The number of ether oxygens (including phenoxy) is 1. The Morgan fingerprint density at radius 1 is 1.33 bits per heavy atom. The molecule has 1 amide bonds. The van der Waals surface area contributed by atoms with Crippen LogP contribution in [0.4, 0.5) is 18.9 Å². The molecule has 8 nitrogen and oxygen atoms in total. The molecule has 0 aliphatic heterocycles. The van der Waals surface area contributed by atoms with Gasteiger partial charge < -0.3 is 20.3 Å². The van der Waals surface area contributed by atoms with Crippen LogP contribution in [0.3, 0.4) is 0 Å². The highest BCUT2D eigenvalue weighted by molar-refractivity contribution is 7.99. The minimum absolute atomic E-state index is 0.0608. The van der Waals surface area contributed by atoms with Gasteiger partial charge in [-0.15, -0.1) is 10.2 Å². The van der Waals surface area contributed by atoms with Gasteiger partial charge in [0.05, 0.1) is 29.9 Å². The van der Waals surface area contributed by atoms with Gasteiger partial charge in [0.25, 0.3) is 0 Å². The van der Waals surface area contributed by atoms with Crippen LogP contribution in [0, 0.1) is 0 Å². The molecule has 0 bridgehead atoms. The van der Waals surface area contributed by atoms with E-state index in [0.717, 1.165) is 28.6 Å². The highest BCUT2D eigenvalue weighted by Gasteiger charge is 2.31. The number of nitrogens with two attached hydrogens (primary N) is 1. The van der Waals surface area contributed by atoms with Crippen LogP contribution in [0.1, 0.15) is 18.9 Å². The number of nitrogens with one attached hydrogen (secondary N) is 1. The molecule has 0 aliphatic rings. The Bertz CT molecular complexity index is 1010. The molecular formula is C18H18F3N5O3S. The minimum Gasteiger partial charge on any atom is -0.491 e.